The van der Waals surface area contributed by atoms with Crippen LogP contribution in [0.25, 0.3) is 0 Å². The molecule has 0 aliphatic heterocycles. The van der Waals surface area contributed by atoms with Crippen molar-refractivity contribution in [3.8, 4) is 6.07 Å². The van der Waals surface area contributed by atoms with E-state index in [1.807, 2.05) is 0 Å². The molecule has 4 atom stereocenters. The highest BCUT2D eigenvalue weighted by Gasteiger charge is 2.36. The molecule has 0 radical (unpaired) electrons. The number of carbonyl (C=O) groups is 1. The fraction of sp³-hybridized carbons (Fsp3) is 0.522. The first kappa shape index (κ1) is 23.1. The van der Waals surface area contributed by atoms with Crippen LogP contribution in [0.3, 0.4) is 0 Å². The zero-order valence-corrected chi connectivity index (χ0v) is 18.3. The van der Waals surface area contributed by atoms with Crippen LogP contribution in [0.15, 0.2) is 30.5 Å². The Morgan fingerprint density at radius 1 is 1.24 bits per heavy atom. The molecule has 10 heteroatoms. The lowest BCUT2D eigenvalue weighted by Gasteiger charge is -2.34. The molecular weight excluding hydrogens is 433 g/mol. The predicted molar refractivity (Wildman–Crippen MR) is 117 cm³/mol. The summed E-state index contributed by atoms with van der Waals surface area (Å²) in [7, 11) is 0. The molecule has 2 aliphatic rings. The van der Waals surface area contributed by atoms with E-state index in [0.717, 1.165) is 24.5 Å². The van der Waals surface area contributed by atoms with E-state index in [1.165, 1.54) is 31.2 Å². The number of nitriles is 1. The normalized spacial score (nSPS) is 24.2. The van der Waals surface area contributed by atoms with Crippen molar-refractivity contribution in [2.24, 2.45) is 17.6 Å². The molecule has 176 valence electrons. The molecule has 1 amide bonds. The maximum atomic E-state index is 12.8. The molecule has 7 nitrogen and oxygen atoms in total. The number of amides is 1. The lowest BCUT2D eigenvalue weighted by atomic mass is 9.82. The number of alkyl halides is 3. The number of nitrogens with zero attached hydrogens (tertiary/aromatic N) is 3. The third-order valence-electron chi connectivity index (χ3n) is 6.62. The number of anilines is 2. The summed E-state index contributed by atoms with van der Waals surface area (Å²) in [6.45, 7) is 2.19. The molecular formula is C23H27F3N6O. The van der Waals surface area contributed by atoms with E-state index in [4.69, 9.17) is 5.73 Å². The quantitative estimate of drug-likeness (QED) is 0.569. The van der Waals surface area contributed by atoms with Gasteiger partial charge in [-0.1, -0.05) is 0 Å². The van der Waals surface area contributed by atoms with Crippen molar-refractivity contribution in [1.29, 1.82) is 5.26 Å². The number of nitrogens with one attached hydrogen (secondary N) is 2. The predicted octanol–water partition coefficient (Wildman–Crippen LogP) is 4.37. The standard InChI is InChI=1S/C23H27F3N6O/c1-13(14-2-3-14)29-18-8-9-20(15(10-18)11-27)32-12-19(21(28)33)22(31-32)30-17-6-4-16(5-7-17)23(24,25)26/h4-7,12-15,18,20,29H,2-3,8-10H2,1H3,(H2,28,33)(H,30,31). The van der Waals surface area contributed by atoms with Crippen LogP contribution in [0.4, 0.5) is 24.7 Å². The minimum Gasteiger partial charge on any atom is -0.365 e. The Balaban J connectivity index is 1.50. The van der Waals surface area contributed by atoms with E-state index in [0.29, 0.717) is 24.6 Å². The first-order valence-electron chi connectivity index (χ1n) is 11.1. The molecule has 2 aromatic rings. The van der Waals surface area contributed by atoms with Crippen LogP contribution in [0.2, 0.25) is 0 Å². The average molecular weight is 461 g/mol. The fourth-order valence-corrected chi connectivity index (χ4v) is 4.58. The highest BCUT2D eigenvalue weighted by atomic mass is 19.4. The lowest BCUT2D eigenvalue weighted by molar-refractivity contribution is -0.137. The fourth-order valence-electron chi connectivity index (χ4n) is 4.58. The van der Waals surface area contributed by atoms with Crippen molar-refractivity contribution < 1.29 is 18.0 Å². The minimum absolute atomic E-state index is 0.120. The Labute approximate surface area is 190 Å². The molecule has 0 spiro atoms. The summed E-state index contributed by atoms with van der Waals surface area (Å²) in [5.41, 5.74) is 5.20. The second-order valence-corrected chi connectivity index (χ2v) is 9.04. The van der Waals surface area contributed by atoms with Gasteiger partial charge in [0, 0.05) is 24.0 Å². The Morgan fingerprint density at radius 2 is 1.94 bits per heavy atom. The monoisotopic (exact) mass is 460 g/mol. The van der Waals surface area contributed by atoms with Crippen molar-refractivity contribution in [3.63, 3.8) is 0 Å². The van der Waals surface area contributed by atoms with Gasteiger partial charge in [-0.2, -0.15) is 23.5 Å². The number of nitrogens with two attached hydrogens (primary N) is 1. The number of rotatable bonds is 7. The number of carbonyl (C=O) groups excluding carboxylic acids is 1. The molecule has 1 aromatic carbocycles. The second kappa shape index (κ2) is 9.06. The lowest BCUT2D eigenvalue weighted by Crippen LogP contribution is -2.43. The topological polar surface area (TPSA) is 109 Å². The highest BCUT2D eigenvalue weighted by Crippen LogP contribution is 2.37. The molecule has 4 N–H and O–H groups in total. The smallest absolute Gasteiger partial charge is 0.365 e. The third-order valence-corrected chi connectivity index (χ3v) is 6.62. The van der Waals surface area contributed by atoms with Gasteiger partial charge in [0.05, 0.1) is 23.6 Å². The van der Waals surface area contributed by atoms with Crippen LogP contribution < -0.4 is 16.4 Å². The number of halogens is 3. The van der Waals surface area contributed by atoms with Gasteiger partial charge in [0.1, 0.15) is 5.56 Å². The first-order chi connectivity index (χ1) is 15.7. The SMILES string of the molecule is CC(NC1CCC(n2cc(C(N)=O)c(Nc3ccc(C(F)(F)F)cc3)n2)C(C#N)C1)C1CC1. The molecule has 2 saturated carbocycles. The van der Waals surface area contributed by atoms with Crippen LogP contribution in [0.5, 0.6) is 0 Å². The van der Waals surface area contributed by atoms with Crippen molar-refractivity contribution in [2.45, 2.75) is 63.3 Å². The van der Waals surface area contributed by atoms with Crippen LogP contribution in [-0.4, -0.2) is 27.8 Å². The van der Waals surface area contributed by atoms with Gasteiger partial charge in [-0.25, -0.2) is 0 Å². The summed E-state index contributed by atoms with van der Waals surface area (Å²) in [4.78, 5) is 12.0. The van der Waals surface area contributed by atoms with Crippen LogP contribution in [0, 0.1) is 23.2 Å². The van der Waals surface area contributed by atoms with E-state index in [1.54, 1.807) is 4.68 Å². The van der Waals surface area contributed by atoms with E-state index in [9.17, 15) is 23.2 Å². The molecule has 1 heterocycles. The summed E-state index contributed by atoms with van der Waals surface area (Å²) in [5.74, 6) is -0.118. The molecule has 1 aromatic heterocycles. The zero-order valence-electron chi connectivity index (χ0n) is 18.3. The molecule has 0 bridgehead atoms. The second-order valence-electron chi connectivity index (χ2n) is 9.04. The maximum absolute atomic E-state index is 12.8. The molecule has 2 fully saturated rings. The van der Waals surface area contributed by atoms with Gasteiger partial charge in [0.25, 0.3) is 5.91 Å². The third kappa shape index (κ3) is 5.30. The van der Waals surface area contributed by atoms with Crippen molar-refractivity contribution in [3.05, 3.63) is 41.6 Å². The Morgan fingerprint density at radius 3 is 2.52 bits per heavy atom. The van der Waals surface area contributed by atoms with E-state index >= 15 is 0 Å². The number of aromatic nitrogens is 2. The number of hydrogen-bond acceptors (Lipinski definition) is 5. The largest absolute Gasteiger partial charge is 0.416 e. The molecule has 33 heavy (non-hydrogen) atoms. The Hall–Kier alpha value is -3.06. The number of hydrogen-bond donors (Lipinski definition) is 3. The average Bonchev–Trinajstić information content (AvgIpc) is 3.54. The van der Waals surface area contributed by atoms with E-state index in [2.05, 4.69) is 28.7 Å². The van der Waals surface area contributed by atoms with Gasteiger partial charge < -0.3 is 16.4 Å². The maximum Gasteiger partial charge on any atom is 0.416 e. The summed E-state index contributed by atoms with van der Waals surface area (Å²) >= 11 is 0. The van der Waals surface area contributed by atoms with Crippen molar-refractivity contribution >= 4 is 17.4 Å². The van der Waals surface area contributed by atoms with Gasteiger partial charge in [0.15, 0.2) is 5.82 Å². The first-order valence-corrected chi connectivity index (χ1v) is 11.1. The van der Waals surface area contributed by atoms with Crippen LogP contribution >= 0.6 is 0 Å². The molecule has 2 aliphatic carbocycles. The van der Waals surface area contributed by atoms with Crippen molar-refractivity contribution in [1.82, 2.24) is 15.1 Å². The zero-order chi connectivity index (χ0) is 23.8. The molecule has 4 unspecified atom stereocenters. The summed E-state index contributed by atoms with van der Waals surface area (Å²) < 4.78 is 40.0. The number of primary amides is 1. The van der Waals surface area contributed by atoms with Gasteiger partial charge in [-0.3, -0.25) is 9.48 Å². The number of benzene rings is 1. The summed E-state index contributed by atoms with van der Waals surface area (Å²) in [6, 6.07) is 7.30. The van der Waals surface area contributed by atoms with Crippen molar-refractivity contribution in [2.75, 3.05) is 5.32 Å². The van der Waals surface area contributed by atoms with Gasteiger partial charge in [-0.05, 0) is 69.2 Å². The molecule has 4 rings (SSSR count). The van der Waals surface area contributed by atoms with Crippen LogP contribution in [-0.2, 0) is 6.18 Å². The van der Waals surface area contributed by atoms with Crippen LogP contribution in [0.1, 0.15) is 61.0 Å². The van der Waals surface area contributed by atoms with Gasteiger partial charge in [0.2, 0.25) is 0 Å². The van der Waals surface area contributed by atoms with E-state index < -0.39 is 17.6 Å². The Kier molecular flexibility index (Phi) is 6.34. The van der Waals surface area contributed by atoms with E-state index in [-0.39, 0.29) is 29.4 Å². The van der Waals surface area contributed by atoms with Gasteiger partial charge >= 0.3 is 6.18 Å². The van der Waals surface area contributed by atoms with Gasteiger partial charge in [-0.15, -0.1) is 0 Å². The Bertz CT molecular complexity index is 1040. The summed E-state index contributed by atoms with van der Waals surface area (Å²) in [5, 5.41) is 20.8. The minimum atomic E-state index is -4.44. The highest BCUT2D eigenvalue weighted by molar-refractivity contribution is 5.98. The summed E-state index contributed by atoms with van der Waals surface area (Å²) in [6.07, 6.45) is 1.87. The molecule has 0 saturated heterocycles.